The van der Waals surface area contributed by atoms with Gasteiger partial charge in [0.05, 0.1) is 0 Å². The quantitative estimate of drug-likeness (QED) is 0.862. The van der Waals surface area contributed by atoms with Crippen molar-refractivity contribution in [1.82, 2.24) is 4.90 Å². The topological polar surface area (TPSA) is 29.3 Å². The summed E-state index contributed by atoms with van der Waals surface area (Å²) >= 11 is 0. The summed E-state index contributed by atoms with van der Waals surface area (Å²) in [6, 6.07) is 11.0. The van der Waals surface area contributed by atoms with E-state index in [-0.39, 0.29) is 0 Å². The van der Waals surface area contributed by atoms with Crippen molar-refractivity contribution in [2.45, 2.75) is 38.5 Å². The first-order valence-electron chi connectivity index (χ1n) is 8.26. The first kappa shape index (κ1) is 14.1. The second kappa shape index (κ2) is 6.28. The highest BCUT2D eigenvalue weighted by atomic mass is 15.1. The Kier molecular flexibility index (Phi) is 4.42. The Morgan fingerprint density at radius 1 is 1.10 bits per heavy atom. The van der Waals surface area contributed by atoms with Gasteiger partial charge in [-0.2, -0.15) is 0 Å². The van der Waals surface area contributed by atoms with Gasteiger partial charge in [-0.3, -0.25) is 0 Å². The molecule has 2 nitrogen and oxygen atoms in total. The van der Waals surface area contributed by atoms with Crippen LogP contribution in [-0.2, 0) is 6.42 Å². The second-order valence-corrected chi connectivity index (χ2v) is 6.95. The smallest absolute Gasteiger partial charge is 0.00385 e. The number of benzene rings is 1. The Labute approximate surface area is 123 Å². The van der Waals surface area contributed by atoms with Crippen LogP contribution >= 0.6 is 0 Å². The third kappa shape index (κ3) is 3.62. The van der Waals surface area contributed by atoms with Gasteiger partial charge in [-0.25, -0.2) is 0 Å². The minimum absolute atomic E-state index is 0.612. The van der Waals surface area contributed by atoms with Crippen LogP contribution in [0.2, 0.25) is 0 Å². The summed E-state index contributed by atoms with van der Waals surface area (Å²) in [5, 5.41) is 0. The standard InChI is InChI=1S/C18H28N2/c19-11-10-18(8-9-18)15-20-12-6-17(7-13-20)14-16-4-2-1-3-5-16/h1-5,17H,6-15,19H2. The van der Waals surface area contributed by atoms with Crippen molar-refractivity contribution in [3.63, 3.8) is 0 Å². The molecule has 2 fully saturated rings. The predicted octanol–water partition coefficient (Wildman–Crippen LogP) is 3.07. The van der Waals surface area contributed by atoms with E-state index in [1.165, 1.54) is 63.7 Å². The molecule has 0 amide bonds. The minimum atomic E-state index is 0.612. The minimum Gasteiger partial charge on any atom is -0.330 e. The molecule has 1 aliphatic carbocycles. The molecule has 2 N–H and O–H groups in total. The van der Waals surface area contributed by atoms with E-state index in [0.717, 1.165) is 12.5 Å². The Morgan fingerprint density at radius 3 is 2.40 bits per heavy atom. The molecular weight excluding hydrogens is 244 g/mol. The Hall–Kier alpha value is -0.860. The lowest BCUT2D eigenvalue weighted by Gasteiger charge is -2.34. The maximum atomic E-state index is 5.75. The summed E-state index contributed by atoms with van der Waals surface area (Å²) in [5.74, 6) is 0.887. The van der Waals surface area contributed by atoms with Crippen molar-refractivity contribution < 1.29 is 0 Å². The number of nitrogens with two attached hydrogens (primary N) is 1. The lowest BCUT2D eigenvalue weighted by atomic mass is 9.89. The van der Waals surface area contributed by atoms with E-state index in [4.69, 9.17) is 5.73 Å². The van der Waals surface area contributed by atoms with Gasteiger partial charge in [-0.05, 0) is 75.1 Å². The van der Waals surface area contributed by atoms with Crippen LogP contribution < -0.4 is 5.73 Å². The van der Waals surface area contributed by atoms with Gasteiger partial charge in [0.25, 0.3) is 0 Å². The fraction of sp³-hybridized carbons (Fsp3) is 0.667. The molecule has 1 saturated heterocycles. The summed E-state index contributed by atoms with van der Waals surface area (Å²) < 4.78 is 0. The first-order chi connectivity index (χ1) is 9.80. The predicted molar refractivity (Wildman–Crippen MR) is 84.6 cm³/mol. The van der Waals surface area contributed by atoms with Gasteiger partial charge < -0.3 is 10.6 Å². The van der Waals surface area contributed by atoms with Gasteiger partial charge >= 0.3 is 0 Å². The van der Waals surface area contributed by atoms with Crippen molar-refractivity contribution in [2.24, 2.45) is 17.1 Å². The highest BCUT2D eigenvalue weighted by Gasteiger charge is 2.43. The summed E-state index contributed by atoms with van der Waals surface area (Å²) in [7, 11) is 0. The lowest BCUT2D eigenvalue weighted by Crippen LogP contribution is -2.38. The van der Waals surface area contributed by atoms with Gasteiger partial charge in [0, 0.05) is 6.54 Å². The molecule has 1 aromatic rings. The van der Waals surface area contributed by atoms with Gasteiger partial charge in [0.1, 0.15) is 0 Å². The van der Waals surface area contributed by atoms with Gasteiger partial charge in [-0.15, -0.1) is 0 Å². The first-order valence-corrected chi connectivity index (χ1v) is 8.26. The van der Waals surface area contributed by atoms with E-state index in [2.05, 4.69) is 35.2 Å². The zero-order valence-electron chi connectivity index (χ0n) is 12.6. The van der Waals surface area contributed by atoms with E-state index >= 15 is 0 Å². The second-order valence-electron chi connectivity index (χ2n) is 6.95. The van der Waals surface area contributed by atoms with Crippen molar-refractivity contribution in [2.75, 3.05) is 26.2 Å². The monoisotopic (exact) mass is 272 g/mol. The van der Waals surface area contributed by atoms with Crippen molar-refractivity contribution in [3.05, 3.63) is 35.9 Å². The third-order valence-corrected chi connectivity index (χ3v) is 5.27. The van der Waals surface area contributed by atoms with Gasteiger partial charge in [0.2, 0.25) is 0 Å². The number of nitrogens with zero attached hydrogens (tertiary/aromatic N) is 1. The number of likely N-dealkylation sites (tertiary alicyclic amines) is 1. The lowest BCUT2D eigenvalue weighted by molar-refractivity contribution is 0.150. The van der Waals surface area contributed by atoms with E-state index in [1.807, 2.05) is 0 Å². The van der Waals surface area contributed by atoms with Crippen molar-refractivity contribution in [3.8, 4) is 0 Å². The third-order valence-electron chi connectivity index (χ3n) is 5.27. The molecule has 1 saturated carbocycles. The molecule has 0 atom stereocenters. The molecule has 2 heteroatoms. The summed E-state index contributed by atoms with van der Waals surface area (Å²) in [6.45, 7) is 4.76. The Balaban J connectivity index is 1.43. The van der Waals surface area contributed by atoms with Gasteiger partial charge in [0.15, 0.2) is 0 Å². The number of piperidine rings is 1. The van der Waals surface area contributed by atoms with Crippen molar-refractivity contribution in [1.29, 1.82) is 0 Å². The molecule has 20 heavy (non-hydrogen) atoms. The van der Waals surface area contributed by atoms with Crippen LogP contribution in [0.3, 0.4) is 0 Å². The highest BCUT2D eigenvalue weighted by Crippen LogP contribution is 2.49. The normalized spacial score (nSPS) is 22.9. The van der Waals surface area contributed by atoms with E-state index in [1.54, 1.807) is 0 Å². The van der Waals surface area contributed by atoms with E-state index in [9.17, 15) is 0 Å². The molecule has 0 aromatic heterocycles. The Bertz CT molecular complexity index is 403. The number of rotatable bonds is 6. The molecule has 1 aliphatic heterocycles. The molecule has 2 aliphatic rings. The van der Waals surface area contributed by atoms with Crippen molar-refractivity contribution >= 4 is 0 Å². The molecule has 3 rings (SSSR count). The maximum Gasteiger partial charge on any atom is 0.00385 e. The zero-order valence-corrected chi connectivity index (χ0v) is 12.6. The molecule has 1 heterocycles. The van der Waals surface area contributed by atoms with Crippen LogP contribution in [0.1, 0.15) is 37.7 Å². The molecule has 110 valence electrons. The maximum absolute atomic E-state index is 5.75. The molecule has 0 unspecified atom stereocenters. The van der Waals surface area contributed by atoms with Crippen LogP contribution in [0.5, 0.6) is 0 Å². The zero-order chi connectivity index (χ0) is 13.8. The van der Waals surface area contributed by atoms with Crippen LogP contribution in [0, 0.1) is 11.3 Å². The molecule has 0 bridgehead atoms. The van der Waals surface area contributed by atoms with E-state index < -0.39 is 0 Å². The average Bonchev–Trinajstić information content (AvgIpc) is 3.22. The fourth-order valence-electron chi connectivity index (χ4n) is 3.74. The molecular formula is C18H28N2. The highest BCUT2D eigenvalue weighted by molar-refractivity contribution is 5.15. The molecule has 0 spiro atoms. The molecule has 1 aromatic carbocycles. The Morgan fingerprint density at radius 2 is 1.80 bits per heavy atom. The van der Waals surface area contributed by atoms with Gasteiger partial charge in [-0.1, -0.05) is 30.3 Å². The van der Waals surface area contributed by atoms with Crippen LogP contribution in [-0.4, -0.2) is 31.1 Å². The van der Waals surface area contributed by atoms with Crippen LogP contribution in [0.4, 0.5) is 0 Å². The fourth-order valence-corrected chi connectivity index (χ4v) is 3.74. The number of hydrogen-bond acceptors (Lipinski definition) is 2. The summed E-state index contributed by atoms with van der Waals surface area (Å²) in [6.07, 6.45) is 8.06. The summed E-state index contributed by atoms with van der Waals surface area (Å²) in [5.41, 5.74) is 7.87. The molecule has 0 radical (unpaired) electrons. The summed E-state index contributed by atoms with van der Waals surface area (Å²) in [4.78, 5) is 2.70. The average molecular weight is 272 g/mol. The largest absolute Gasteiger partial charge is 0.330 e. The SMILES string of the molecule is NCCC1(CN2CCC(Cc3ccccc3)CC2)CC1. The van der Waals surface area contributed by atoms with E-state index in [0.29, 0.717) is 5.41 Å². The number of hydrogen-bond donors (Lipinski definition) is 1. The van der Waals surface area contributed by atoms with Crippen LogP contribution in [0.15, 0.2) is 30.3 Å². The van der Waals surface area contributed by atoms with Crippen LogP contribution in [0.25, 0.3) is 0 Å².